The Morgan fingerprint density at radius 2 is 2.00 bits per heavy atom. The summed E-state index contributed by atoms with van der Waals surface area (Å²) in [7, 11) is 0. The molecule has 0 N–H and O–H groups in total. The Bertz CT molecular complexity index is 138. The van der Waals surface area contributed by atoms with Crippen molar-refractivity contribution in [2.24, 2.45) is 11.8 Å². The van der Waals surface area contributed by atoms with Gasteiger partial charge in [-0.15, -0.1) is 0 Å². The smallest absolute Gasteiger partial charge is 0.142 e. The molecule has 0 saturated heterocycles. The van der Waals surface area contributed by atoms with Crippen LogP contribution in [-0.4, -0.2) is 6.29 Å². The average molecular weight is 168 g/mol. The standard InChI is InChI=1S/C11H20O/c1-4-6-10(2)9-11(3)7-5-8-12/h5,7-8,10-11H,4,6,9H2,1-3H3/b7-5+. The molecule has 70 valence electrons. The fourth-order valence-electron chi connectivity index (χ4n) is 1.56. The van der Waals surface area contributed by atoms with Gasteiger partial charge in [0.1, 0.15) is 6.29 Å². The van der Waals surface area contributed by atoms with Crippen LogP contribution in [0.2, 0.25) is 0 Å². The van der Waals surface area contributed by atoms with Crippen LogP contribution < -0.4 is 0 Å². The fourth-order valence-corrected chi connectivity index (χ4v) is 1.56. The van der Waals surface area contributed by atoms with Gasteiger partial charge in [-0.3, -0.25) is 4.79 Å². The fraction of sp³-hybridized carbons (Fsp3) is 0.727. The number of carbonyl (C=O) groups is 1. The minimum Gasteiger partial charge on any atom is -0.299 e. The molecule has 1 nitrogen and oxygen atoms in total. The van der Waals surface area contributed by atoms with E-state index in [2.05, 4.69) is 20.8 Å². The monoisotopic (exact) mass is 168 g/mol. The Balaban J connectivity index is 3.59. The molecular formula is C11H20O. The van der Waals surface area contributed by atoms with Gasteiger partial charge in [0, 0.05) is 0 Å². The molecule has 0 rings (SSSR count). The SMILES string of the molecule is CCCC(C)CC(C)/C=C/C=O. The maximum absolute atomic E-state index is 10.0. The molecule has 0 bridgehead atoms. The van der Waals surface area contributed by atoms with Gasteiger partial charge in [-0.05, 0) is 24.3 Å². The van der Waals surface area contributed by atoms with E-state index in [1.54, 1.807) is 6.08 Å². The van der Waals surface area contributed by atoms with Gasteiger partial charge < -0.3 is 0 Å². The molecule has 0 aromatic carbocycles. The van der Waals surface area contributed by atoms with Crippen LogP contribution in [0.5, 0.6) is 0 Å². The van der Waals surface area contributed by atoms with Gasteiger partial charge in [0.15, 0.2) is 0 Å². The molecule has 2 atom stereocenters. The predicted octanol–water partition coefficient (Wildman–Crippen LogP) is 3.20. The Morgan fingerprint density at radius 1 is 1.33 bits per heavy atom. The van der Waals surface area contributed by atoms with Gasteiger partial charge in [-0.1, -0.05) is 39.7 Å². The van der Waals surface area contributed by atoms with Crippen LogP contribution in [0.3, 0.4) is 0 Å². The number of carbonyl (C=O) groups excluding carboxylic acids is 1. The van der Waals surface area contributed by atoms with E-state index in [0.717, 1.165) is 12.2 Å². The second kappa shape index (κ2) is 7.08. The molecule has 0 saturated carbocycles. The number of aldehydes is 1. The molecule has 2 unspecified atom stereocenters. The molecular weight excluding hydrogens is 148 g/mol. The van der Waals surface area contributed by atoms with E-state index in [0.29, 0.717) is 5.92 Å². The first kappa shape index (κ1) is 11.4. The number of hydrogen-bond donors (Lipinski definition) is 0. The summed E-state index contributed by atoms with van der Waals surface area (Å²) in [4.78, 5) is 10.0. The zero-order chi connectivity index (χ0) is 9.40. The van der Waals surface area contributed by atoms with E-state index in [-0.39, 0.29) is 0 Å². The molecule has 12 heavy (non-hydrogen) atoms. The second-order valence-electron chi connectivity index (χ2n) is 3.63. The van der Waals surface area contributed by atoms with Crippen LogP contribution in [0.1, 0.15) is 40.0 Å². The first-order valence-electron chi connectivity index (χ1n) is 4.82. The van der Waals surface area contributed by atoms with Crippen molar-refractivity contribution in [3.05, 3.63) is 12.2 Å². The van der Waals surface area contributed by atoms with Gasteiger partial charge in [0.2, 0.25) is 0 Å². The van der Waals surface area contributed by atoms with E-state index < -0.39 is 0 Å². The normalized spacial score (nSPS) is 16.2. The summed E-state index contributed by atoms with van der Waals surface area (Å²) in [5.41, 5.74) is 0. The van der Waals surface area contributed by atoms with Crippen molar-refractivity contribution in [2.75, 3.05) is 0 Å². The lowest BCUT2D eigenvalue weighted by atomic mass is 9.94. The van der Waals surface area contributed by atoms with Crippen LogP contribution in [0.4, 0.5) is 0 Å². The molecule has 0 aliphatic heterocycles. The zero-order valence-corrected chi connectivity index (χ0v) is 8.42. The summed E-state index contributed by atoms with van der Waals surface area (Å²) < 4.78 is 0. The molecule has 0 aliphatic carbocycles. The molecule has 0 spiro atoms. The maximum Gasteiger partial charge on any atom is 0.142 e. The summed E-state index contributed by atoms with van der Waals surface area (Å²) in [5, 5.41) is 0. The molecule has 1 heteroatoms. The van der Waals surface area contributed by atoms with E-state index in [1.165, 1.54) is 19.3 Å². The molecule has 0 aromatic heterocycles. The predicted molar refractivity (Wildman–Crippen MR) is 53.1 cm³/mol. The summed E-state index contributed by atoms with van der Waals surface area (Å²) in [6, 6.07) is 0. The minimum absolute atomic E-state index is 0.539. The lowest BCUT2D eigenvalue weighted by molar-refractivity contribution is -0.104. The van der Waals surface area contributed by atoms with Gasteiger partial charge in [0.05, 0.1) is 0 Å². The molecule has 0 fully saturated rings. The van der Waals surface area contributed by atoms with Gasteiger partial charge >= 0.3 is 0 Å². The Hall–Kier alpha value is -0.590. The summed E-state index contributed by atoms with van der Waals surface area (Å²) in [6.07, 6.45) is 8.17. The van der Waals surface area contributed by atoms with E-state index in [1.807, 2.05) is 6.08 Å². The number of rotatable bonds is 6. The van der Waals surface area contributed by atoms with Crippen molar-refractivity contribution in [1.82, 2.24) is 0 Å². The largest absolute Gasteiger partial charge is 0.299 e. The second-order valence-corrected chi connectivity index (χ2v) is 3.63. The number of allylic oxidation sites excluding steroid dienone is 2. The first-order chi connectivity index (χ1) is 5.70. The zero-order valence-electron chi connectivity index (χ0n) is 8.42. The van der Waals surface area contributed by atoms with E-state index >= 15 is 0 Å². The first-order valence-corrected chi connectivity index (χ1v) is 4.82. The Morgan fingerprint density at radius 3 is 2.50 bits per heavy atom. The van der Waals surface area contributed by atoms with Crippen LogP contribution in [0.15, 0.2) is 12.2 Å². The molecule has 0 radical (unpaired) electrons. The third-order valence-corrected chi connectivity index (χ3v) is 2.07. The lowest BCUT2D eigenvalue weighted by Gasteiger charge is -2.12. The minimum atomic E-state index is 0.539. The molecule has 0 heterocycles. The van der Waals surface area contributed by atoms with Crippen molar-refractivity contribution in [2.45, 2.75) is 40.0 Å². The van der Waals surface area contributed by atoms with Crippen LogP contribution in [0.25, 0.3) is 0 Å². The van der Waals surface area contributed by atoms with Crippen molar-refractivity contribution < 1.29 is 4.79 Å². The highest BCUT2D eigenvalue weighted by Gasteiger charge is 2.04. The van der Waals surface area contributed by atoms with Gasteiger partial charge in [-0.25, -0.2) is 0 Å². The van der Waals surface area contributed by atoms with Crippen molar-refractivity contribution in [1.29, 1.82) is 0 Å². The van der Waals surface area contributed by atoms with Crippen molar-refractivity contribution in [3.8, 4) is 0 Å². The lowest BCUT2D eigenvalue weighted by Crippen LogP contribution is -2.00. The quantitative estimate of drug-likeness (QED) is 0.439. The molecule has 0 aromatic rings. The van der Waals surface area contributed by atoms with E-state index in [4.69, 9.17) is 0 Å². The van der Waals surface area contributed by atoms with Gasteiger partial charge in [0.25, 0.3) is 0 Å². The third-order valence-electron chi connectivity index (χ3n) is 2.07. The third kappa shape index (κ3) is 6.14. The molecule has 0 amide bonds. The Labute approximate surface area is 75.9 Å². The number of hydrogen-bond acceptors (Lipinski definition) is 1. The average Bonchev–Trinajstić information content (AvgIpc) is 2.01. The Kier molecular flexibility index (Phi) is 6.73. The maximum atomic E-state index is 10.0. The summed E-state index contributed by atoms with van der Waals surface area (Å²) in [5.74, 6) is 1.32. The topological polar surface area (TPSA) is 17.1 Å². The van der Waals surface area contributed by atoms with Crippen molar-refractivity contribution in [3.63, 3.8) is 0 Å². The van der Waals surface area contributed by atoms with Crippen LogP contribution in [-0.2, 0) is 4.79 Å². The van der Waals surface area contributed by atoms with Crippen molar-refractivity contribution >= 4 is 6.29 Å². The van der Waals surface area contributed by atoms with E-state index in [9.17, 15) is 4.79 Å². The summed E-state index contributed by atoms with van der Waals surface area (Å²) in [6.45, 7) is 6.64. The van der Waals surface area contributed by atoms with Crippen LogP contribution in [0, 0.1) is 11.8 Å². The van der Waals surface area contributed by atoms with Gasteiger partial charge in [-0.2, -0.15) is 0 Å². The molecule has 0 aliphatic rings. The highest BCUT2D eigenvalue weighted by molar-refractivity contribution is 5.64. The highest BCUT2D eigenvalue weighted by atomic mass is 16.1. The highest BCUT2D eigenvalue weighted by Crippen LogP contribution is 2.17. The van der Waals surface area contributed by atoms with Crippen LogP contribution >= 0.6 is 0 Å². The summed E-state index contributed by atoms with van der Waals surface area (Å²) >= 11 is 0.